The Bertz CT molecular complexity index is 976. The van der Waals surface area contributed by atoms with Crippen LogP contribution in [-0.2, 0) is 17.8 Å². The molecule has 0 unspecified atom stereocenters. The van der Waals surface area contributed by atoms with Gasteiger partial charge in [0.15, 0.2) is 0 Å². The van der Waals surface area contributed by atoms with Gasteiger partial charge in [-0.1, -0.05) is 0 Å². The molecule has 0 bridgehead atoms. The number of nitrogens with two attached hydrogens (primary N) is 1. The second-order valence-electron chi connectivity index (χ2n) is 6.79. The van der Waals surface area contributed by atoms with Gasteiger partial charge in [-0.25, -0.2) is 18.8 Å². The standard InChI is InChI=1S/C20H22F2N6O2/c1-12(27-23)18(26-16-3-4-17(20(21)22)24-9-16)11-30-19-7-14-5-6-28(13(2)29)10-15(14)8-25-19/h3-4,7-9,20H,5-6,10-11,23H2,1-2H3/b26-18?,27-12-. The van der Waals surface area contributed by atoms with Gasteiger partial charge >= 0.3 is 0 Å². The van der Waals surface area contributed by atoms with E-state index in [2.05, 4.69) is 20.1 Å². The fraction of sp³-hybridized carbons (Fsp3) is 0.350. The Morgan fingerprint density at radius 1 is 1.27 bits per heavy atom. The number of nitrogens with zero attached hydrogens (tertiary/aromatic N) is 5. The van der Waals surface area contributed by atoms with Crippen LogP contribution in [0.3, 0.4) is 0 Å². The highest BCUT2D eigenvalue weighted by Crippen LogP contribution is 2.22. The lowest BCUT2D eigenvalue weighted by molar-refractivity contribution is -0.129. The number of carbonyl (C=O) groups is 1. The van der Waals surface area contributed by atoms with Crippen LogP contribution in [0.25, 0.3) is 0 Å². The normalized spacial score (nSPS) is 14.6. The van der Waals surface area contributed by atoms with Crippen LogP contribution in [0.1, 0.15) is 37.1 Å². The number of pyridine rings is 2. The van der Waals surface area contributed by atoms with E-state index in [1.54, 1.807) is 24.9 Å². The fourth-order valence-electron chi connectivity index (χ4n) is 2.95. The number of amides is 1. The van der Waals surface area contributed by atoms with Crippen molar-refractivity contribution < 1.29 is 18.3 Å². The average molecular weight is 416 g/mol. The molecule has 0 aliphatic carbocycles. The first-order valence-corrected chi connectivity index (χ1v) is 9.30. The number of hydrazone groups is 1. The summed E-state index contributed by atoms with van der Waals surface area (Å²) in [5.41, 5.74) is 2.98. The number of aromatic nitrogens is 2. The lowest BCUT2D eigenvalue weighted by Crippen LogP contribution is -2.34. The van der Waals surface area contributed by atoms with Gasteiger partial charge in [-0.3, -0.25) is 9.78 Å². The summed E-state index contributed by atoms with van der Waals surface area (Å²) in [5, 5.41) is 3.65. The summed E-state index contributed by atoms with van der Waals surface area (Å²) in [5.74, 6) is 5.82. The molecule has 3 rings (SSSR count). The summed E-state index contributed by atoms with van der Waals surface area (Å²) in [4.78, 5) is 25.7. The minimum atomic E-state index is -2.64. The van der Waals surface area contributed by atoms with Crippen LogP contribution in [0.15, 0.2) is 40.7 Å². The van der Waals surface area contributed by atoms with E-state index in [-0.39, 0.29) is 18.2 Å². The van der Waals surface area contributed by atoms with E-state index in [1.165, 1.54) is 18.3 Å². The van der Waals surface area contributed by atoms with Crippen molar-refractivity contribution in [2.24, 2.45) is 15.9 Å². The first kappa shape index (κ1) is 21.3. The van der Waals surface area contributed by atoms with E-state index in [4.69, 9.17) is 10.6 Å². The number of aliphatic imine (C=N–C) groups is 1. The van der Waals surface area contributed by atoms with E-state index in [0.717, 1.165) is 17.5 Å². The van der Waals surface area contributed by atoms with Crippen molar-refractivity contribution in [1.82, 2.24) is 14.9 Å². The van der Waals surface area contributed by atoms with Gasteiger partial charge in [-0.15, -0.1) is 0 Å². The third-order valence-corrected chi connectivity index (χ3v) is 4.74. The van der Waals surface area contributed by atoms with Crippen molar-refractivity contribution in [2.75, 3.05) is 13.2 Å². The molecule has 1 aliphatic rings. The molecule has 10 heteroatoms. The van der Waals surface area contributed by atoms with Crippen molar-refractivity contribution >= 4 is 23.0 Å². The molecule has 0 radical (unpaired) electrons. The Hall–Kier alpha value is -3.43. The summed E-state index contributed by atoms with van der Waals surface area (Å²) in [6.45, 7) is 4.44. The maximum atomic E-state index is 12.7. The van der Waals surface area contributed by atoms with Crippen molar-refractivity contribution in [3.63, 3.8) is 0 Å². The van der Waals surface area contributed by atoms with Gasteiger partial charge in [-0.2, -0.15) is 5.10 Å². The van der Waals surface area contributed by atoms with E-state index >= 15 is 0 Å². The Labute approximate surface area is 172 Å². The van der Waals surface area contributed by atoms with Crippen LogP contribution in [0.2, 0.25) is 0 Å². The van der Waals surface area contributed by atoms with Crippen LogP contribution < -0.4 is 10.6 Å². The van der Waals surface area contributed by atoms with E-state index in [9.17, 15) is 13.6 Å². The van der Waals surface area contributed by atoms with Gasteiger partial charge in [0.2, 0.25) is 11.8 Å². The number of fused-ring (bicyclic) bond motifs is 1. The topological polar surface area (TPSA) is 106 Å². The molecule has 3 heterocycles. The molecule has 158 valence electrons. The summed E-state index contributed by atoms with van der Waals surface area (Å²) in [6, 6.07) is 4.50. The van der Waals surface area contributed by atoms with Crippen LogP contribution >= 0.6 is 0 Å². The molecule has 2 N–H and O–H groups in total. The zero-order chi connectivity index (χ0) is 21.7. The Kier molecular flexibility index (Phi) is 6.65. The molecule has 0 spiro atoms. The van der Waals surface area contributed by atoms with Crippen LogP contribution in [0, 0.1) is 0 Å². The van der Waals surface area contributed by atoms with Crippen LogP contribution in [-0.4, -0.2) is 45.4 Å². The van der Waals surface area contributed by atoms with Gasteiger partial charge < -0.3 is 15.5 Å². The van der Waals surface area contributed by atoms with Gasteiger partial charge in [0.25, 0.3) is 6.43 Å². The number of rotatable bonds is 6. The van der Waals surface area contributed by atoms with E-state index < -0.39 is 6.43 Å². The fourth-order valence-corrected chi connectivity index (χ4v) is 2.95. The first-order valence-electron chi connectivity index (χ1n) is 9.30. The number of ether oxygens (including phenoxy) is 1. The number of alkyl halides is 2. The third kappa shape index (κ3) is 5.13. The highest BCUT2D eigenvalue weighted by molar-refractivity contribution is 6.42. The molecule has 0 atom stereocenters. The number of hydrogen-bond donors (Lipinski definition) is 1. The minimum absolute atomic E-state index is 0.0362. The number of halogens is 2. The molecular weight excluding hydrogens is 394 g/mol. The molecular formula is C20H22F2N6O2. The molecule has 1 aliphatic heterocycles. The summed E-state index contributed by atoms with van der Waals surface area (Å²) >= 11 is 0. The molecule has 0 fully saturated rings. The Morgan fingerprint density at radius 3 is 2.70 bits per heavy atom. The number of hydrogen-bond acceptors (Lipinski definition) is 7. The van der Waals surface area contributed by atoms with Crippen LogP contribution in [0.5, 0.6) is 5.88 Å². The van der Waals surface area contributed by atoms with Crippen LogP contribution in [0.4, 0.5) is 14.5 Å². The third-order valence-electron chi connectivity index (χ3n) is 4.74. The predicted octanol–water partition coefficient (Wildman–Crippen LogP) is 2.80. The average Bonchev–Trinajstić information content (AvgIpc) is 2.75. The van der Waals surface area contributed by atoms with Gasteiger partial charge in [-0.05, 0) is 36.6 Å². The lowest BCUT2D eigenvalue weighted by Gasteiger charge is -2.27. The SMILES string of the molecule is CC(=O)N1CCc2cc(OCC(=Nc3ccc(C(F)F)nc3)/C(C)=N\N)ncc2C1. The molecule has 0 saturated carbocycles. The second kappa shape index (κ2) is 9.38. The highest BCUT2D eigenvalue weighted by atomic mass is 19.3. The number of carbonyl (C=O) groups excluding carboxylic acids is 1. The molecule has 2 aromatic heterocycles. The molecule has 0 saturated heterocycles. The smallest absolute Gasteiger partial charge is 0.280 e. The van der Waals surface area contributed by atoms with E-state index in [1.807, 2.05) is 6.07 Å². The largest absolute Gasteiger partial charge is 0.471 e. The van der Waals surface area contributed by atoms with Crippen molar-refractivity contribution in [1.29, 1.82) is 0 Å². The van der Waals surface area contributed by atoms with Gasteiger partial charge in [0, 0.05) is 32.3 Å². The highest BCUT2D eigenvalue weighted by Gasteiger charge is 2.19. The van der Waals surface area contributed by atoms with Crippen molar-refractivity contribution in [3.05, 3.63) is 47.4 Å². The Balaban J connectivity index is 1.73. The zero-order valence-electron chi connectivity index (χ0n) is 16.7. The zero-order valence-corrected chi connectivity index (χ0v) is 16.7. The second-order valence-corrected chi connectivity index (χ2v) is 6.79. The van der Waals surface area contributed by atoms with Crippen molar-refractivity contribution in [3.8, 4) is 5.88 Å². The summed E-state index contributed by atoms with van der Waals surface area (Å²) in [7, 11) is 0. The summed E-state index contributed by atoms with van der Waals surface area (Å²) in [6.07, 6.45) is 1.03. The monoisotopic (exact) mass is 416 g/mol. The summed E-state index contributed by atoms with van der Waals surface area (Å²) < 4.78 is 31.1. The first-order chi connectivity index (χ1) is 14.4. The van der Waals surface area contributed by atoms with E-state index in [0.29, 0.717) is 36.1 Å². The Morgan fingerprint density at radius 2 is 2.07 bits per heavy atom. The quantitative estimate of drug-likeness (QED) is 0.443. The molecule has 0 aromatic carbocycles. The minimum Gasteiger partial charge on any atom is -0.471 e. The maximum absolute atomic E-state index is 12.7. The maximum Gasteiger partial charge on any atom is 0.280 e. The molecule has 30 heavy (non-hydrogen) atoms. The van der Waals surface area contributed by atoms with Gasteiger partial charge in [0.1, 0.15) is 18.0 Å². The molecule has 1 amide bonds. The van der Waals surface area contributed by atoms with Crippen molar-refractivity contribution in [2.45, 2.75) is 33.2 Å². The molecule has 2 aromatic rings. The predicted molar refractivity (Wildman–Crippen MR) is 108 cm³/mol. The molecule has 8 nitrogen and oxygen atoms in total. The lowest BCUT2D eigenvalue weighted by atomic mass is 10.0. The van der Waals surface area contributed by atoms with Gasteiger partial charge in [0.05, 0.1) is 17.6 Å².